The number of nitrogens with two attached hydrogens (primary N) is 1. The van der Waals surface area contributed by atoms with Gasteiger partial charge in [-0.05, 0) is 38.3 Å². The van der Waals surface area contributed by atoms with Crippen molar-refractivity contribution < 1.29 is 4.79 Å². The maximum atomic E-state index is 12.3. The van der Waals surface area contributed by atoms with Crippen LogP contribution < -0.4 is 11.1 Å². The Hall–Kier alpha value is -1.19. The van der Waals surface area contributed by atoms with Crippen LogP contribution in [0.2, 0.25) is 0 Å². The van der Waals surface area contributed by atoms with Gasteiger partial charge in [-0.1, -0.05) is 30.3 Å². The maximum Gasteiger partial charge on any atom is 0.154 e. The predicted octanol–water partition coefficient (Wildman–Crippen LogP) is 1.51. The van der Waals surface area contributed by atoms with Crippen LogP contribution in [-0.2, 0) is 11.2 Å². The van der Waals surface area contributed by atoms with E-state index in [0.29, 0.717) is 6.42 Å². The number of rotatable bonds is 4. The minimum Gasteiger partial charge on any atom is -0.321 e. The molecule has 1 saturated heterocycles. The normalized spacial score (nSPS) is 25.7. The highest BCUT2D eigenvalue weighted by Crippen LogP contribution is 2.19. The lowest BCUT2D eigenvalue weighted by molar-refractivity contribution is -0.125. The molecule has 0 amide bonds. The number of nitrogens with one attached hydrogen (secondary N) is 1. The molecule has 1 aliphatic rings. The van der Waals surface area contributed by atoms with Crippen LogP contribution in [0.5, 0.6) is 0 Å². The van der Waals surface area contributed by atoms with Crippen molar-refractivity contribution in [3.05, 3.63) is 35.9 Å². The molecular weight excluding hydrogens is 224 g/mol. The smallest absolute Gasteiger partial charge is 0.154 e. The Morgan fingerprint density at radius 3 is 2.83 bits per heavy atom. The lowest BCUT2D eigenvalue weighted by atomic mass is 9.84. The molecule has 1 fully saturated rings. The first-order valence-corrected chi connectivity index (χ1v) is 6.75. The highest BCUT2D eigenvalue weighted by molar-refractivity contribution is 5.87. The van der Waals surface area contributed by atoms with Gasteiger partial charge in [-0.15, -0.1) is 0 Å². The largest absolute Gasteiger partial charge is 0.321 e. The number of hydrogen-bond donors (Lipinski definition) is 2. The lowest BCUT2D eigenvalue weighted by Gasteiger charge is -2.30. The second kappa shape index (κ2) is 6.12. The Labute approximate surface area is 109 Å². The zero-order valence-corrected chi connectivity index (χ0v) is 10.9. The molecular formula is C15H22N2O. The molecule has 1 aromatic carbocycles. The third-order valence-electron chi connectivity index (χ3n) is 3.79. The molecule has 1 aliphatic heterocycles. The maximum absolute atomic E-state index is 12.3. The molecule has 2 rings (SSSR count). The molecule has 0 bridgehead atoms. The van der Waals surface area contributed by atoms with Crippen molar-refractivity contribution in [3.63, 3.8) is 0 Å². The highest BCUT2D eigenvalue weighted by Gasteiger charge is 2.30. The van der Waals surface area contributed by atoms with Crippen molar-refractivity contribution in [2.75, 3.05) is 6.54 Å². The van der Waals surface area contributed by atoms with Crippen molar-refractivity contribution in [3.8, 4) is 0 Å². The molecule has 98 valence electrons. The summed E-state index contributed by atoms with van der Waals surface area (Å²) in [6, 6.07) is 9.87. The van der Waals surface area contributed by atoms with E-state index in [0.717, 1.165) is 24.9 Å². The van der Waals surface area contributed by atoms with Crippen LogP contribution in [0.25, 0.3) is 0 Å². The predicted molar refractivity (Wildman–Crippen MR) is 73.3 cm³/mol. The molecule has 0 saturated carbocycles. The van der Waals surface area contributed by atoms with E-state index in [9.17, 15) is 4.79 Å². The van der Waals surface area contributed by atoms with Crippen LogP contribution in [0, 0.1) is 5.92 Å². The fraction of sp³-hybridized carbons (Fsp3) is 0.533. The van der Waals surface area contributed by atoms with E-state index in [2.05, 4.69) is 12.2 Å². The summed E-state index contributed by atoms with van der Waals surface area (Å²) in [6.07, 6.45) is 2.68. The summed E-state index contributed by atoms with van der Waals surface area (Å²) >= 11 is 0. The van der Waals surface area contributed by atoms with E-state index >= 15 is 0 Å². The van der Waals surface area contributed by atoms with E-state index in [1.54, 1.807) is 0 Å². The van der Waals surface area contributed by atoms with Gasteiger partial charge >= 0.3 is 0 Å². The standard InChI is InChI=1S/C15H22N2O/c1-11-13(8-5-9-17-11)15(18)14(16)10-12-6-3-2-4-7-12/h2-4,6-7,11,13-14,17H,5,8-10,16H2,1H3/t11?,13?,14-/m1/s1. The first kappa shape index (κ1) is 13.2. The van der Waals surface area contributed by atoms with Gasteiger partial charge in [0.2, 0.25) is 0 Å². The number of Topliss-reactive ketones (excluding diaryl/α,β-unsaturated/α-hetero) is 1. The van der Waals surface area contributed by atoms with Crippen molar-refractivity contribution in [2.24, 2.45) is 11.7 Å². The average Bonchev–Trinajstić information content (AvgIpc) is 2.39. The molecule has 2 unspecified atom stereocenters. The number of carbonyl (C=O) groups excluding carboxylic acids is 1. The highest BCUT2D eigenvalue weighted by atomic mass is 16.1. The van der Waals surface area contributed by atoms with E-state index in [4.69, 9.17) is 5.73 Å². The molecule has 3 atom stereocenters. The van der Waals surface area contributed by atoms with Crippen molar-refractivity contribution >= 4 is 5.78 Å². The zero-order chi connectivity index (χ0) is 13.0. The zero-order valence-electron chi connectivity index (χ0n) is 10.9. The molecule has 0 aromatic heterocycles. The van der Waals surface area contributed by atoms with E-state index in [-0.39, 0.29) is 23.8 Å². The van der Waals surface area contributed by atoms with Crippen LogP contribution >= 0.6 is 0 Å². The third-order valence-corrected chi connectivity index (χ3v) is 3.79. The van der Waals surface area contributed by atoms with Crippen molar-refractivity contribution in [1.29, 1.82) is 0 Å². The summed E-state index contributed by atoms with van der Waals surface area (Å²) in [5.74, 6) is 0.288. The molecule has 3 nitrogen and oxygen atoms in total. The van der Waals surface area contributed by atoms with Crippen molar-refractivity contribution in [1.82, 2.24) is 5.32 Å². The fourth-order valence-electron chi connectivity index (χ4n) is 2.68. The average molecular weight is 246 g/mol. The van der Waals surface area contributed by atoms with Gasteiger partial charge in [0.05, 0.1) is 6.04 Å². The van der Waals surface area contributed by atoms with Crippen LogP contribution in [-0.4, -0.2) is 24.4 Å². The lowest BCUT2D eigenvalue weighted by Crippen LogP contribution is -2.48. The Bertz CT molecular complexity index is 391. The Balaban J connectivity index is 1.96. The van der Waals surface area contributed by atoms with Crippen LogP contribution in [0.4, 0.5) is 0 Å². The molecule has 3 N–H and O–H groups in total. The molecule has 0 spiro atoms. The van der Waals surface area contributed by atoms with Crippen LogP contribution in [0.3, 0.4) is 0 Å². The third kappa shape index (κ3) is 3.18. The summed E-state index contributed by atoms with van der Waals surface area (Å²) in [7, 11) is 0. The fourth-order valence-corrected chi connectivity index (χ4v) is 2.68. The van der Waals surface area contributed by atoms with Gasteiger partial charge in [0.25, 0.3) is 0 Å². The Morgan fingerprint density at radius 1 is 1.44 bits per heavy atom. The molecule has 1 aromatic rings. The number of piperidine rings is 1. The van der Waals surface area contributed by atoms with Gasteiger partial charge in [0.15, 0.2) is 5.78 Å². The topological polar surface area (TPSA) is 55.1 Å². The van der Waals surface area contributed by atoms with Gasteiger partial charge in [0, 0.05) is 12.0 Å². The minimum absolute atomic E-state index is 0.0810. The molecule has 0 aliphatic carbocycles. The summed E-state index contributed by atoms with van der Waals surface area (Å²) in [4.78, 5) is 12.3. The van der Waals surface area contributed by atoms with Gasteiger partial charge < -0.3 is 11.1 Å². The SMILES string of the molecule is CC1NCCCC1C(=O)[C@H](N)Cc1ccccc1. The van der Waals surface area contributed by atoms with Gasteiger partial charge in [-0.2, -0.15) is 0 Å². The molecule has 18 heavy (non-hydrogen) atoms. The Kier molecular flexibility index (Phi) is 4.50. The molecule has 3 heteroatoms. The number of benzene rings is 1. The molecule has 0 radical (unpaired) electrons. The van der Waals surface area contributed by atoms with E-state index < -0.39 is 0 Å². The number of carbonyl (C=O) groups is 1. The van der Waals surface area contributed by atoms with Crippen LogP contribution in [0.15, 0.2) is 30.3 Å². The first-order chi connectivity index (χ1) is 8.68. The summed E-state index contributed by atoms with van der Waals surface area (Å²) in [5.41, 5.74) is 7.20. The number of ketones is 1. The monoisotopic (exact) mass is 246 g/mol. The second-order valence-corrected chi connectivity index (χ2v) is 5.19. The van der Waals surface area contributed by atoms with E-state index in [1.165, 1.54) is 0 Å². The van der Waals surface area contributed by atoms with Gasteiger partial charge in [-0.3, -0.25) is 4.79 Å². The minimum atomic E-state index is -0.375. The van der Waals surface area contributed by atoms with E-state index in [1.807, 2.05) is 30.3 Å². The van der Waals surface area contributed by atoms with Crippen molar-refractivity contribution in [2.45, 2.75) is 38.3 Å². The molecule has 1 heterocycles. The quantitative estimate of drug-likeness (QED) is 0.847. The summed E-state index contributed by atoms with van der Waals surface area (Å²) in [5, 5.41) is 3.36. The number of hydrogen-bond acceptors (Lipinski definition) is 3. The van der Waals surface area contributed by atoms with Gasteiger partial charge in [0.1, 0.15) is 0 Å². The second-order valence-electron chi connectivity index (χ2n) is 5.19. The summed E-state index contributed by atoms with van der Waals surface area (Å²) in [6.45, 7) is 3.09. The Morgan fingerprint density at radius 2 is 2.17 bits per heavy atom. The summed E-state index contributed by atoms with van der Waals surface area (Å²) < 4.78 is 0. The van der Waals surface area contributed by atoms with Gasteiger partial charge in [-0.25, -0.2) is 0 Å². The van der Waals surface area contributed by atoms with Crippen LogP contribution in [0.1, 0.15) is 25.3 Å². The first-order valence-electron chi connectivity index (χ1n) is 6.75.